The summed E-state index contributed by atoms with van der Waals surface area (Å²) in [6.07, 6.45) is 17.7. The van der Waals surface area contributed by atoms with Gasteiger partial charge in [-0.05, 0) is 51.9 Å². The summed E-state index contributed by atoms with van der Waals surface area (Å²) < 4.78 is 0. The van der Waals surface area contributed by atoms with Gasteiger partial charge in [0.15, 0.2) is 0 Å². The van der Waals surface area contributed by atoms with Gasteiger partial charge in [0, 0.05) is 6.54 Å². The van der Waals surface area contributed by atoms with E-state index in [1.807, 2.05) is 0 Å². The lowest BCUT2D eigenvalue weighted by Crippen LogP contribution is -2.29. The van der Waals surface area contributed by atoms with Gasteiger partial charge in [0.05, 0.1) is 6.10 Å². The molecule has 0 saturated heterocycles. The van der Waals surface area contributed by atoms with Gasteiger partial charge in [0.1, 0.15) is 0 Å². The van der Waals surface area contributed by atoms with Crippen molar-refractivity contribution >= 4 is 0 Å². The van der Waals surface area contributed by atoms with E-state index in [4.69, 9.17) is 5.73 Å². The molecule has 0 rings (SSSR count). The maximum atomic E-state index is 9.98. The molecule has 0 spiro atoms. The van der Waals surface area contributed by atoms with Crippen molar-refractivity contribution in [3.05, 3.63) is 0 Å². The maximum Gasteiger partial charge on any atom is 0.0664 e. The Morgan fingerprint density at radius 2 is 1.24 bits per heavy atom. The van der Waals surface area contributed by atoms with Crippen molar-refractivity contribution in [2.45, 2.75) is 103 Å². The van der Waals surface area contributed by atoms with Crippen molar-refractivity contribution in [3.8, 4) is 0 Å². The molecule has 0 bridgehead atoms. The van der Waals surface area contributed by atoms with E-state index in [9.17, 15) is 5.11 Å². The van der Waals surface area contributed by atoms with E-state index < -0.39 is 0 Å². The Bertz CT molecular complexity index is 239. The molecule has 4 nitrogen and oxygen atoms in total. The molecule has 0 aromatic carbocycles. The zero-order chi connectivity index (χ0) is 18.4. The van der Waals surface area contributed by atoms with E-state index in [0.29, 0.717) is 0 Å². The Hall–Kier alpha value is -0.160. The SMILES string of the molecule is CCCCCCCCCCCCC(O)CNCCCNCCCCN. The standard InChI is InChI=1S/C21H47N3O/c1-2-3-4-5-6-7-8-9-10-11-15-21(25)20-24-19-14-18-23-17-13-12-16-22/h21,23-25H,2-20,22H2,1H3. The van der Waals surface area contributed by atoms with Crippen LogP contribution >= 0.6 is 0 Å². The monoisotopic (exact) mass is 357 g/mol. The van der Waals surface area contributed by atoms with Crippen LogP contribution in [0.4, 0.5) is 0 Å². The highest BCUT2D eigenvalue weighted by Gasteiger charge is 2.03. The second kappa shape index (κ2) is 21.9. The van der Waals surface area contributed by atoms with Crippen molar-refractivity contribution in [1.82, 2.24) is 10.6 Å². The van der Waals surface area contributed by atoms with Crippen LogP contribution in [-0.2, 0) is 0 Å². The predicted molar refractivity (Wildman–Crippen MR) is 111 cm³/mol. The zero-order valence-electron chi connectivity index (χ0n) is 17.0. The van der Waals surface area contributed by atoms with Gasteiger partial charge < -0.3 is 21.5 Å². The van der Waals surface area contributed by atoms with Crippen molar-refractivity contribution in [1.29, 1.82) is 0 Å². The lowest BCUT2D eigenvalue weighted by atomic mass is 10.0. The molecule has 0 aromatic rings. The van der Waals surface area contributed by atoms with Crippen LogP contribution < -0.4 is 16.4 Å². The van der Waals surface area contributed by atoms with Gasteiger partial charge >= 0.3 is 0 Å². The van der Waals surface area contributed by atoms with Gasteiger partial charge in [-0.25, -0.2) is 0 Å². The van der Waals surface area contributed by atoms with Crippen LogP contribution in [-0.4, -0.2) is 43.9 Å². The molecule has 1 unspecified atom stereocenters. The third-order valence-corrected chi connectivity index (χ3v) is 4.79. The summed E-state index contributed by atoms with van der Waals surface area (Å²) in [7, 11) is 0. The topological polar surface area (TPSA) is 70.3 Å². The van der Waals surface area contributed by atoms with Crippen LogP contribution in [0.1, 0.15) is 96.8 Å². The van der Waals surface area contributed by atoms with E-state index in [2.05, 4.69) is 17.6 Å². The number of hydrogen-bond donors (Lipinski definition) is 4. The first-order valence-corrected chi connectivity index (χ1v) is 11.1. The summed E-state index contributed by atoms with van der Waals surface area (Å²) in [5.41, 5.74) is 5.46. The minimum Gasteiger partial charge on any atom is -0.392 e. The van der Waals surface area contributed by atoms with Gasteiger partial charge in [-0.1, -0.05) is 71.1 Å². The van der Waals surface area contributed by atoms with Crippen molar-refractivity contribution in [2.24, 2.45) is 5.73 Å². The molecule has 4 heteroatoms. The Morgan fingerprint density at radius 1 is 0.680 bits per heavy atom. The molecule has 0 aliphatic rings. The molecule has 1 atom stereocenters. The van der Waals surface area contributed by atoms with Crippen LogP contribution in [0.25, 0.3) is 0 Å². The van der Waals surface area contributed by atoms with E-state index in [1.165, 1.54) is 70.6 Å². The summed E-state index contributed by atoms with van der Waals surface area (Å²) in [5.74, 6) is 0. The summed E-state index contributed by atoms with van der Waals surface area (Å²) in [6.45, 7) is 6.90. The number of aliphatic hydroxyl groups excluding tert-OH is 1. The summed E-state index contributed by atoms with van der Waals surface area (Å²) in [4.78, 5) is 0. The molecule has 0 aliphatic carbocycles. The Kier molecular flexibility index (Phi) is 21.7. The van der Waals surface area contributed by atoms with E-state index in [1.54, 1.807) is 0 Å². The van der Waals surface area contributed by atoms with E-state index in [-0.39, 0.29) is 6.10 Å². The van der Waals surface area contributed by atoms with Crippen LogP contribution in [0, 0.1) is 0 Å². The molecule has 0 saturated carbocycles. The van der Waals surface area contributed by atoms with Crippen LogP contribution in [0.3, 0.4) is 0 Å². The fourth-order valence-electron chi connectivity index (χ4n) is 3.10. The first-order valence-electron chi connectivity index (χ1n) is 11.1. The highest BCUT2D eigenvalue weighted by atomic mass is 16.3. The first-order chi connectivity index (χ1) is 12.3. The number of nitrogens with one attached hydrogen (secondary N) is 2. The first kappa shape index (κ1) is 24.8. The Balaban J connectivity index is 3.12. The smallest absolute Gasteiger partial charge is 0.0664 e. The summed E-state index contributed by atoms with van der Waals surface area (Å²) in [5, 5.41) is 16.8. The number of nitrogens with two attached hydrogens (primary N) is 1. The molecule has 0 fully saturated rings. The van der Waals surface area contributed by atoms with Gasteiger partial charge in [-0.3, -0.25) is 0 Å². The number of rotatable bonds is 21. The highest BCUT2D eigenvalue weighted by Crippen LogP contribution is 2.11. The van der Waals surface area contributed by atoms with Crippen molar-refractivity contribution in [3.63, 3.8) is 0 Å². The van der Waals surface area contributed by atoms with Crippen molar-refractivity contribution in [2.75, 3.05) is 32.7 Å². The fraction of sp³-hybridized carbons (Fsp3) is 1.00. The molecular formula is C21H47N3O. The van der Waals surface area contributed by atoms with Crippen LogP contribution in [0.15, 0.2) is 0 Å². The molecule has 0 aromatic heterocycles. The maximum absolute atomic E-state index is 9.98. The lowest BCUT2D eigenvalue weighted by Gasteiger charge is -2.12. The Labute approximate surface area is 157 Å². The third kappa shape index (κ3) is 21.8. The zero-order valence-corrected chi connectivity index (χ0v) is 17.0. The second-order valence-corrected chi connectivity index (χ2v) is 7.43. The largest absolute Gasteiger partial charge is 0.392 e. The normalized spacial score (nSPS) is 12.6. The molecule has 5 N–H and O–H groups in total. The molecule has 152 valence electrons. The third-order valence-electron chi connectivity index (χ3n) is 4.79. The average molecular weight is 358 g/mol. The van der Waals surface area contributed by atoms with Gasteiger partial charge in [0.25, 0.3) is 0 Å². The molecular weight excluding hydrogens is 310 g/mol. The number of aliphatic hydroxyl groups is 1. The van der Waals surface area contributed by atoms with E-state index in [0.717, 1.165) is 52.0 Å². The molecule has 0 radical (unpaired) electrons. The minimum atomic E-state index is -0.174. The Morgan fingerprint density at radius 3 is 1.88 bits per heavy atom. The van der Waals surface area contributed by atoms with Crippen molar-refractivity contribution < 1.29 is 5.11 Å². The second-order valence-electron chi connectivity index (χ2n) is 7.43. The number of unbranched alkanes of at least 4 members (excludes halogenated alkanes) is 10. The average Bonchev–Trinajstić information content (AvgIpc) is 2.62. The molecule has 0 amide bonds. The van der Waals surface area contributed by atoms with Gasteiger partial charge in [-0.2, -0.15) is 0 Å². The highest BCUT2D eigenvalue weighted by molar-refractivity contribution is 4.61. The molecule has 0 aliphatic heterocycles. The predicted octanol–water partition coefficient (Wildman–Crippen LogP) is 3.97. The lowest BCUT2D eigenvalue weighted by molar-refractivity contribution is 0.158. The molecule has 0 heterocycles. The van der Waals surface area contributed by atoms with Crippen LogP contribution in [0.2, 0.25) is 0 Å². The molecule has 25 heavy (non-hydrogen) atoms. The van der Waals surface area contributed by atoms with E-state index >= 15 is 0 Å². The van der Waals surface area contributed by atoms with Gasteiger partial charge in [0.2, 0.25) is 0 Å². The number of hydrogen-bond acceptors (Lipinski definition) is 4. The minimum absolute atomic E-state index is 0.174. The quantitative estimate of drug-likeness (QED) is 0.235. The summed E-state index contributed by atoms with van der Waals surface area (Å²) >= 11 is 0. The van der Waals surface area contributed by atoms with Gasteiger partial charge in [-0.15, -0.1) is 0 Å². The van der Waals surface area contributed by atoms with Crippen LogP contribution in [0.5, 0.6) is 0 Å². The summed E-state index contributed by atoms with van der Waals surface area (Å²) in [6, 6.07) is 0. The fourth-order valence-corrected chi connectivity index (χ4v) is 3.10.